The molecule has 1 aliphatic rings. The van der Waals surface area contributed by atoms with E-state index in [4.69, 9.17) is 10.5 Å². The molecule has 0 amide bonds. The van der Waals surface area contributed by atoms with Crippen LogP contribution in [0, 0.1) is 0 Å². The largest absolute Gasteiger partial charge is 0.387 e. The molecule has 1 aromatic rings. The lowest BCUT2D eigenvalue weighted by Gasteiger charge is -2.10. The van der Waals surface area contributed by atoms with E-state index in [0.29, 0.717) is 13.2 Å². The van der Waals surface area contributed by atoms with Crippen molar-refractivity contribution in [1.82, 2.24) is 4.98 Å². The minimum atomic E-state index is -0.621. The van der Waals surface area contributed by atoms with Crippen LogP contribution < -0.4 is 5.73 Å². The maximum Gasteiger partial charge on any atom is 0.0930 e. The van der Waals surface area contributed by atoms with E-state index in [0.717, 1.165) is 16.7 Å². The third-order valence-corrected chi connectivity index (χ3v) is 2.27. The Kier molecular flexibility index (Phi) is 2.26. The fourth-order valence-corrected chi connectivity index (χ4v) is 1.53. The number of hydrogen-bond donors (Lipinski definition) is 2. The van der Waals surface area contributed by atoms with Gasteiger partial charge in [0.05, 0.1) is 19.3 Å². The number of rotatable bonds is 2. The highest BCUT2D eigenvalue weighted by Crippen LogP contribution is 2.25. The number of ether oxygens (including phenoxy) is 1. The van der Waals surface area contributed by atoms with Gasteiger partial charge in [0, 0.05) is 30.1 Å². The highest BCUT2D eigenvalue weighted by Gasteiger charge is 2.19. The molecule has 3 N–H and O–H groups in total. The van der Waals surface area contributed by atoms with Gasteiger partial charge in [-0.05, 0) is 5.56 Å². The normalized spacial score (nSPS) is 17.1. The molecule has 0 aliphatic carbocycles. The number of nitrogens with zero attached hydrogens (tertiary/aromatic N) is 1. The molecule has 2 rings (SSSR count). The van der Waals surface area contributed by atoms with Crippen LogP contribution in [0.25, 0.3) is 0 Å². The average molecular weight is 180 g/mol. The number of aromatic nitrogens is 1. The quantitative estimate of drug-likeness (QED) is 0.677. The Morgan fingerprint density at radius 2 is 2.38 bits per heavy atom. The average Bonchev–Trinajstić information content (AvgIpc) is 2.63. The SMILES string of the molecule is NCC(O)c1cncc2c1COC2. The summed E-state index contributed by atoms with van der Waals surface area (Å²) >= 11 is 0. The molecule has 0 aromatic carbocycles. The molecule has 0 bridgehead atoms. The van der Waals surface area contributed by atoms with Crippen molar-refractivity contribution in [1.29, 1.82) is 0 Å². The van der Waals surface area contributed by atoms with Crippen LogP contribution in [0.15, 0.2) is 12.4 Å². The Balaban J connectivity index is 2.41. The molecule has 0 radical (unpaired) electrons. The van der Waals surface area contributed by atoms with Gasteiger partial charge in [-0.15, -0.1) is 0 Å². The smallest absolute Gasteiger partial charge is 0.0930 e. The summed E-state index contributed by atoms with van der Waals surface area (Å²) in [5, 5.41) is 9.57. The topological polar surface area (TPSA) is 68.4 Å². The van der Waals surface area contributed by atoms with E-state index in [-0.39, 0.29) is 6.54 Å². The van der Waals surface area contributed by atoms with Gasteiger partial charge in [0.1, 0.15) is 0 Å². The molecule has 70 valence electrons. The van der Waals surface area contributed by atoms with E-state index in [1.165, 1.54) is 0 Å². The van der Waals surface area contributed by atoms with Crippen molar-refractivity contribution < 1.29 is 9.84 Å². The van der Waals surface area contributed by atoms with Gasteiger partial charge in [-0.1, -0.05) is 0 Å². The molecule has 1 atom stereocenters. The molecule has 4 heteroatoms. The third-order valence-electron chi connectivity index (χ3n) is 2.27. The first-order valence-electron chi connectivity index (χ1n) is 4.24. The second-order valence-corrected chi connectivity index (χ2v) is 3.11. The number of fused-ring (bicyclic) bond motifs is 1. The van der Waals surface area contributed by atoms with Gasteiger partial charge in [0.25, 0.3) is 0 Å². The summed E-state index contributed by atoms with van der Waals surface area (Å²) in [6, 6.07) is 0. The molecule has 0 spiro atoms. The summed E-state index contributed by atoms with van der Waals surface area (Å²) < 4.78 is 5.26. The minimum absolute atomic E-state index is 0.220. The van der Waals surface area contributed by atoms with Crippen molar-refractivity contribution in [2.45, 2.75) is 19.3 Å². The predicted molar refractivity (Wildman–Crippen MR) is 46.7 cm³/mol. The van der Waals surface area contributed by atoms with Crippen molar-refractivity contribution in [3.8, 4) is 0 Å². The van der Waals surface area contributed by atoms with Crippen molar-refractivity contribution in [3.63, 3.8) is 0 Å². The fraction of sp³-hybridized carbons (Fsp3) is 0.444. The van der Waals surface area contributed by atoms with E-state index in [2.05, 4.69) is 4.98 Å². The van der Waals surface area contributed by atoms with Crippen LogP contribution >= 0.6 is 0 Å². The standard InChI is InChI=1S/C9H12N2O2/c10-1-9(12)7-3-11-2-6-4-13-5-8(6)7/h2-3,9,12H,1,4-5,10H2. The number of hydrogen-bond acceptors (Lipinski definition) is 4. The summed E-state index contributed by atoms with van der Waals surface area (Å²) in [4.78, 5) is 4.03. The monoisotopic (exact) mass is 180 g/mol. The first-order valence-corrected chi connectivity index (χ1v) is 4.24. The maximum absolute atomic E-state index is 9.57. The molecule has 4 nitrogen and oxygen atoms in total. The lowest BCUT2D eigenvalue weighted by molar-refractivity contribution is 0.131. The van der Waals surface area contributed by atoms with Gasteiger partial charge in [-0.3, -0.25) is 4.98 Å². The van der Waals surface area contributed by atoms with Crippen molar-refractivity contribution in [2.24, 2.45) is 5.73 Å². The lowest BCUT2D eigenvalue weighted by atomic mass is 10.0. The van der Waals surface area contributed by atoms with Gasteiger partial charge >= 0.3 is 0 Å². The first-order chi connectivity index (χ1) is 6.33. The summed E-state index contributed by atoms with van der Waals surface area (Å²) in [6.07, 6.45) is 2.81. The molecular formula is C9H12N2O2. The van der Waals surface area contributed by atoms with Crippen LogP contribution in [0.3, 0.4) is 0 Å². The van der Waals surface area contributed by atoms with E-state index in [1.807, 2.05) is 0 Å². The summed E-state index contributed by atoms with van der Waals surface area (Å²) in [7, 11) is 0. The van der Waals surface area contributed by atoms with Crippen LogP contribution in [-0.2, 0) is 18.0 Å². The van der Waals surface area contributed by atoms with E-state index >= 15 is 0 Å². The second-order valence-electron chi connectivity index (χ2n) is 3.11. The minimum Gasteiger partial charge on any atom is -0.387 e. The fourth-order valence-electron chi connectivity index (χ4n) is 1.53. The van der Waals surface area contributed by atoms with E-state index < -0.39 is 6.10 Å². The second kappa shape index (κ2) is 3.41. The Labute approximate surface area is 76.4 Å². The molecule has 13 heavy (non-hydrogen) atoms. The molecule has 0 fully saturated rings. The van der Waals surface area contributed by atoms with Crippen molar-refractivity contribution >= 4 is 0 Å². The molecular weight excluding hydrogens is 168 g/mol. The van der Waals surface area contributed by atoms with Crippen molar-refractivity contribution in [3.05, 3.63) is 29.1 Å². The Bertz CT molecular complexity index is 314. The summed E-state index contributed by atoms with van der Waals surface area (Å²) in [5.74, 6) is 0. The number of nitrogens with two attached hydrogens (primary N) is 1. The Morgan fingerprint density at radius 3 is 3.15 bits per heavy atom. The number of pyridine rings is 1. The van der Waals surface area contributed by atoms with Gasteiger partial charge in [-0.25, -0.2) is 0 Å². The Morgan fingerprint density at radius 1 is 1.54 bits per heavy atom. The first kappa shape index (κ1) is 8.62. The van der Waals surface area contributed by atoms with Gasteiger partial charge in [-0.2, -0.15) is 0 Å². The van der Waals surface area contributed by atoms with Gasteiger partial charge in [0.2, 0.25) is 0 Å². The maximum atomic E-state index is 9.57. The van der Waals surface area contributed by atoms with E-state index in [1.54, 1.807) is 12.4 Å². The summed E-state index contributed by atoms with van der Waals surface area (Å²) in [6.45, 7) is 1.37. The molecule has 2 heterocycles. The predicted octanol–water partition coefficient (Wildman–Crippen LogP) is 0.104. The van der Waals surface area contributed by atoms with Gasteiger partial charge < -0.3 is 15.6 Å². The summed E-state index contributed by atoms with van der Waals surface area (Å²) in [5.41, 5.74) is 8.29. The highest BCUT2D eigenvalue weighted by molar-refractivity contribution is 5.34. The van der Waals surface area contributed by atoms with Crippen LogP contribution in [0.2, 0.25) is 0 Å². The highest BCUT2D eigenvalue weighted by atomic mass is 16.5. The lowest BCUT2D eigenvalue weighted by Crippen LogP contribution is -2.13. The molecule has 1 aromatic heterocycles. The van der Waals surface area contributed by atoms with Crippen LogP contribution in [0.5, 0.6) is 0 Å². The van der Waals surface area contributed by atoms with Gasteiger partial charge in [0.15, 0.2) is 0 Å². The third kappa shape index (κ3) is 1.44. The van der Waals surface area contributed by atoms with Crippen molar-refractivity contribution in [2.75, 3.05) is 6.54 Å². The van der Waals surface area contributed by atoms with E-state index in [9.17, 15) is 5.11 Å². The molecule has 0 saturated carbocycles. The Hall–Kier alpha value is -0.970. The number of aliphatic hydroxyl groups is 1. The zero-order valence-electron chi connectivity index (χ0n) is 7.23. The zero-order chi connectivity index (χ0) is 9.26. The number of aliphatic hydroxyl groups excluding tert-OH is 1. The molecule has 1 aliphatic heterocycles. The van der Waals surface area contributed by atoms with Crippen LogP contribution in [0.1, 0.15) is 22.8 Å². The molecule has 1 unspecified atom stereocenters. The van der Waals surface area contributed by atoms with Crippen LogP contribution in [0.4, 0.5) is 0 Å². The van der Waals surface area contributed by atoms with Crippen LogP contribution in [-0.4, -0.2) is 16.6 Å². The zero-order valence-corrected chi connectivity index (χ0v) is 7.23. The molecule has 0 saturated heterocycles.